The van der Waals surface area contributed by atoms with Crippen LogP contribution in [-0.2, 0) is 9.30 Å². The molecule has 3 atom stereocenters. The summed E-state index contributed by atoms with van der Waals surface area (Å²) in [4.78, 5) is 0. The second-order valence-electron chi connectivity index (χ2n) is 4.39. The van der Waals surface area contributed by atoms with E-state index in [1.54, 1.807) is 0 Å². The summed E-state index contributed by atoms with van der Waals surface area (Å²) in [6.45, 7) is 2.07. The van der Waals surface area contributed by atoms with Crippen molar-refractivity contribution in [3.05, 3.63) is 30.3 Å². The van der Waals surface area contributed by atoms with E-state index < -0.39 is 7.14 Å². The third kappa shape index (κ3) is 0.986. The Labute approximate surface area is 83.6 Å². The average Bonchev–Trinajstić information content (AvgIpc) is 2.84. The van der Waals surface area contributed by atoms with Gasteiger partial charge in [0.2, 0.25) is 0 Å². The lowest BCUT2D eigenvalue weighted by Gasteiger charge is -2.11. The number of benzene rings is 1. The van der Waals surface area contributed by atoms with Crippen LogP contribution in [0.2, 0.25) is 0 Å². The molecule has 2 aliphatic rings. The van der Waals surface area contributed by atoms with Gasteiger partial charge in [0, 0.05) is 11.5 Å². The zero-order valence-electron chi connectivity index (χ0n) is 8.14. The van der Waals surface area contributed by atoms with Crippen molar-refractivity contribution >= 4 is 12.4 Å². The molecule has 2 saturated heterocycles. The molecular formula is C11H13O2P. The van der Waals surface area contributed by atoms with Crippen LogP contribution in [0, 0.1) is 0 Å². The van der Waals surface area contributed by atoms with Gasteiger partial charge in [0.05, 0.1) is 0 Å². The first-order valence-corrected chi connectivity index (χ1v) is 6.93. The van der Waals surface area contributed by atoms with Gasteiger partial charge in [-0.3, -0.25) is 0 Å². The Bertz CT molecular complexity index is 415. The van der Waals surface area contributed by atoms with Crippen LogP contribution in [0.15, 0.2) is 30.3 Å². The molecule has 0 spiro atoms. The molecule has 1 aromatic carbocycles. The van der Waals surface area contributed by atoms with E-state index in [-0.39, 0.29) is 11.4 Å². The molecule has 3 unspecified atom stereocenters. The maximum atomic E-state index is 12.7. The van der Waals surface area contributed by atoms with Gasteiger partial charge in [0.15, 0.2) is 0 Å². The van der Waals surface area contributed by atoms with Gasteiger partial charge in [-0.05, 0) is 13.3 Å². The van der Waals surface area contributed by atoms with Crippen molar-refractivity contribution in [2.24, 2.45) is 0 Å². The number of ether oxygens (including phenoxy) is 1. The Morgan fingerprint density at radius 1 is 1.43 bits per heavy atom. The normalized spacial score (nSPS) is 44.8. The minimum Gasteiger partial charge on any atom is -0.358 e. The van der Waals surface area contributed by atoms with Crippen molar-refractivity contribution in [1.82, 2.24) is 0 Å². The van der Waals surface area contributed by atoms with Gasteiger partial charge >= 0.3 is 0 Å². The topological polar surface area (TPSA) is 29.6 Å². The number of hydrogen-bond acceptors (Lipinski definition) is 2. The largest absolute Gasteiger partial charge is 0.358 e. The molecule has 0 radical (unpaired) electrons. The fraction of sp³-hybridized carbons (Fsp3) is 0.455. The van der Waals surface area contributed by atoms with Crippen molar-refractivity contribution < 1.29 is 9.30 Å². The predicted molar refractivity (Wildman–Crippen MR) is 56.4 cm³/mol. The molecule has 3 rings (SSSR count). The van der Waals surface area contributed by atoms with Crippen LogP contribution < -0.4 is 5.30 Å². The molecule has 14 heavy (non-hydrogen) atoms. The highest BCUT2D eigenvalue weighted by molar-refractivity contribution is 7.72. The highest BCUT2D eigenvalue weighted by Crippen LogP contribution is 2.71. The second-order valence-corrected chi connectivity index (χ2v) is 7.41. The highest BCUT2D eigenvalue weighted by atomic mass is 31.2. The van der Waals surface area contributed by atoms with Crippen LogP contribution in [0.25, 0.3) is 0 Å². The summed E-state index contributed by atoms with van der Waals surface area (Å²) < 4.78 is 18.2. The van der Waals surface area contributed by atoms with Gasteiger partial charge in [-0.1, -0.05) is 30.3 Å². The Kier molecular flexibility index (Phi) is 1.55. The molecule has 0 N–H and O–H groups in total. The molecule has 0 aliphatic carbocycles. The van der Waals surface area contributed by atoms with Crippen LogP contribution in [0.4, 0.5) is 0 Å². The summed E-state index contributed by atoms with van der Waals surface area (Å²) in [7, 11) is -2.23. The van der Waals surface area contributed by atoms with E-state index in [4.69, 9.17) is 4.74 Å². The zero-order chi connectivity index (χ0) is 9.81. The lowest BCUT2D eigenvalue weighted by Crippen LogP contribution is -2.08. The van der Waals surface area contributed by atoms with Crippen molar-refractivity contribution in [1.29, 1.82) is 0 Å². The third-order valence-corrected chi connectivity index (χ3v) is 6.83. The molecule has 74 valence electrons. The molecule has 0 saturated carbocycles. The van der Waals surface area contributed by atoms with Crippen LogP contribution >= 0.6 is 7.14 Å². The Balaban J connectivity index is 2.04. The Hall–Kier alpha value is -0.590. The SMILES string of the molecule is CC12CCP(=O)(c3ccccc3)C1O2. The molecule has 2 aliphatic heterocycles. The molecule has 2 heterocycles. The fourth-order valence-corrected chi connectivity index (χ4v) is 6.02. The van der Waals surface area contributed by atoms with Gasteiger partial charge in [0.1, 0.15) is 18.6 Å². The van der Waals surface area contributed by atoms with E-state index in [2.05, 4.69) is 6.92 Å². The molecule has 1 aromatic rings. The standard InChI is InChI=1S/C11H13O2P/c1-11-7-8-14(12,10(11)13-11)9-5-3-2-4-6-9/h2-6,10H,7-8H2,1H3. The third-order valence-electron chi connectivity index (χ3n) is 3.36. The summed E-state index contributed by atoms with van der Waals surface area (Å²) in [6, 6.07) is 9.79. The van der Waals surface area contributed by atoms with E-state index in [0.717, 1.165) is 17.9 Å². The molecule has 2 fully saturated rings. The Morgan fingerprint density at radius 2 is 2.14 bits per heavy atom. The minimum absolute atomic E-state index is 0.0115. The number of fused-ring (bicyclic) bond motifs is 1. The zero-order valence-corrected chi connectivity index (χ0v) is 9.04. The molecule has 0 amide bonds. The lowest BCUT2D eigenvalue weighted by atomic mass is 10.1. The maximum Gasteiger partial charge on any atom is 0.145 e. The van der Waals surface area contributed by atoms with Crippen molar-refractivity contribution in [3.63, 3.8) is 0 Å². The van der Waals surface area contributed by atoms with Crippen molar-refractivity contribution in [2.45, 2.75) is 24.8 Å². The molecule has 0 bridgehead atoms. The first kappa shape index (κ1) is 8.70. The average molecular weight is 208 g/mol. The summed E-state index contributed by atoms with van der Waals surface area (Å²) in [6.07, 6.45) is 1.77. The maximum absolute atomic E-state index is 12.7. The first-order valence-electron chi connectivity index (χ1n) is 4.97. The van der Waals surface area contributed by atoms with E-state index >= 15 is 0 Å². The van der Waals surface area contributed by atoms with Crippen LogP contribution in [-0.4, -0.2) is 17.6 Å². The quantitative estimate of drug-likeness (QED) is 0.523. The van der Waals surface area contributed by atoms with Crippen LogP contribution in [0.3, 0.4) is 0 Å². The van der Waals surface area contributed by atoms with Crippen molar-refractivity contribution in [2.75, 3.05) is 6.16 Å². The highest BCUT2D eigenvalue weighted by Gasteiger charge is 2.67. The second kappa shape index (κ2) is 2.50. The van der Waals surface area contributed by atoms with Gasteiger partial charge < -0.3 is 9.30 Å². The lowest BCUT2D eigenvalue weighted by molar-refractivity contribution is 0.305. The molecule has 3 heteroatoms. The minimum atomic E-state index is -2.23. The van der Waals surface area contributed by atoms with E-state index in [9.17, 15) is 4.57 Å². The predicted octanol–water partition coefficient (Wildman–Crippen LogP) is 2.19. The van der Waals surface area contributed by atoms with Crippen LogP contribution in [0.5, 0.6) is 0 Å². The van der Waals surface area contributed by atoms with Crippen LogP contribution in [0.1, 0.15) is 13.3 Å². The van der Waals surface area contributed by atoms with E-state index in [0.29, 0.717) is 0 Å². The van der Waals surface area contributed by atoms with E-state index in [1.165, 1.54) is 0 Å². The first-order chi connectivity index (χ1) is 6.65. The summed E-state index contributed by atoms with van der Waals surface area (Å²) in [5.74, 6) is 0.0115. The molecule has 2 nitrogen and oxygen atoms in total. The number of epoxide rings is 1. The van der Waals surface area contributed by atoms with Gasteiger partial charge in [-0.15, -0.1) is 0 Å². The summed E-state index contributed by atoms with van der Waals surface area (Å²) in [5, 5.41) is 0.992. The Morgan fingerprint density at radius 3 is 2.64 bits per heavy atom. The number of rotatable bonds is 1. The van der Waals surface area contributed by atoms with Gasteiger partial charge in [-0.2, -0.15) is 0 Å². The fourth-order valence-electron chi connectivity index (χ4n) is 2.38. The molecule has 0 aromatic heterocycles. The number of hydrogen-bond donors (Lipinski definition) is 0. The summed E-state index contributed by atoms with van der Waals surface area (Å²) in [5.41, 5.74) is -0.0641. The summed E-state index contributed by atoms with van der Waals surface area (Å²) >= 11 is 0. The smallest absolute Gasteiger partial charge is 0.145 e. The van der Waals surface area contributed by atoms with Crippen molar-refractivity contribution in [3.8, 4) is 0 Å². The monoisotopic (exact) mass is 208 g/mol. The van der Waals surface area contributed by atoms with E-state index in [1.807, 2.05) is 30.3 Å². The van der Waals surface area contributed by atoms with Gasteiger partial charge in [0.25, 0.3) is 0 Å². The molecular weight excluding hydrogens is 195 g/mol. The van der Waals surface area contributed by atoms with Gasteiger partial charge in [-0.25, -0.2) is 0 Å².